The number of carbonyl (C=O) groups excluding carboxylic acids is 2. The van der Waals surface area contributed by atoms with Gasteiger partial charge < -0.3 is 20.7 Å². The Hall–Kier alpha value is -4.39. The fraction of sp³-hybridized carbons (Fsp3) is 0.0417. The van der Waals surface area contributed by atoms with Crippen LogP contribution in [0.4, 0.5) is 16.2 Å². The van der Waals surface area contributed by atoms with Crippen LogP contribution >= 0.6 is 0 Å². The van der Waals surface area contributed by atoms with Crippen molar-refractivity contribution in [3.8, 4) is 11.5 Å². The van der Waals surface area contributed by atoms with E-state index in [1.54, 1.807) is 43.4 Å². The number of fused-ring (bicyclic) bond motifs is 1. The van der Waals surface area contributed by atoms with E-state index in [2.05, 4.69) is 20.9 Å². The lowest BCUT2D eigenvalue weighted by Crippen LogP contribution is -2.19. The highest BCUT2D eigenvalue weighted by Gasteiger charge is 2.08. The Morgan fingerprint density at radius 1 is 0.839 bits per heavy atom. The molecule has 0 aliphatic carbocycles. The third kappa shape index (κ3) is 4.79. The van der Waals surface area contributed by atoms with Crippen molar-refractivity contribution in [3.63, 3.8) is 0 Å². The zero-order chi connectivity index (χ0) is 21.6. The standard InChI is InChI=1S/C24H20N4O3/c1-25-23(29)22-15-19(13-14-26-22)31-18-11-9-17(10-12-18)27-24(30)28-21-8-4-6-16-5-2-3-7-20(16)21/h2-15H,1H3,(H,25,29)(H2,27,28,30). The fourth-order valence-corrected chi connectivity index (χ4v) is 3.09. The predicted octanol–water partition coefficient (Wildman–Crippen LogP) is 5.03. The van der Waals surface area contributed by atoms with E-state index in [1.807, 2.05) is 42.5 Å². The molecule has 0 spiro atoms. The molecule has 1 aromatic heterocycles. The lowest BCUT2D eigenvalue weighted by atomic mass is 10.1. The molecular formula is C24H20N4O3. The molecule has 7 nitrogen and oxygen atoms in total. The van der Waals surface area contributed by atoms with Crippen LogP contribution in [0.5, 0.6) is 11.5 Å². The van der Waals surface area contributed by atoms with Crippen LogP contribution < -0.4 is 20.7 Å². The SMILES string of the molecule is CNC(=O)c1cc(Oc2ccc(NC(=O)Nc3cccc4ccccc34)cc2)ccn1. The van der Waals surface area contributed by atoms with Gasteiger partial charge in [-0.15, -0.1) is 0 Å². The van der Waals surface area contributed by atoms with Gasteiger partial charge in [0, 0.05) is 30.4 Å². The van der Waals surface area contributed by atoms with E-state index < -0.39 is 0 Å². The second-order valence-electron chi connectivity index (χ2n) is 6.69. The number of urea groups is 1. The van der Waals surface area contributed by atoms with E-state index in [9.17, 15) is 9.59 Å². The van der Waals surface area contributed by atoms with Crippen LogP contribution in [0.1, 0.15) is 10.5 Å². The highest BCUT2D eigenvalue weighted by atomic mass is 16.5. The number of nitrogens with one attached hydrogen (secondary N) is 3. The lowest BCUT2D eigenvalue weighted by molar-refractivity contribution is 0.0958. The van der Waals surface area contributed by atoms with Gasteiger partial charge in [0.05, 0.1) is 5.69 Å². The molecule has 4 rings (SSSR count). The Morgan fingerprint density at radius 3 is 2.42 bits per heavy atom. The van der Waals surface area contributed by atoms with Crippen molar-refractivity contribution in [2.75, 3.05) is 17.7 Å². The third-order valence-electron chi connectivity index (χ3n) is 4.58. The first-order valence-electron chi connectivity index (χ1n) is 9.64. The van der Waals surface area contributed by atoms with E-state index in [0.29, 0.717) is 17.2 Å². The molecule has 31 heavy (non-hydrogen) atoms. The van der Waals surface area contributed by atoms with Crippen LogP contribution in [-0.4, -0.2) is 24.0 Å². The van der Waals surface area contributed by atoms with Crippen molar-refractivity contribution in [1.29, 1.82) is 0 Å². The number of rotatable bonds is 5. The minimum Gasteiger partial charge on any atom is -0.457 e. The number of aromatic nitrogens is 1. The summed E-state index contributed by atoms with van der Waals surface area (Å²) >= 11 is 0. The second-order valence-corrected chi connectivity index (χ2v) is 6.69. The Balaban J connectivity index is 1.40. The van der Waals surface area contributed by atoms with Crippen molar-refractivity contribution >= 4 is 34.1 Å². The molecule has 3 N–H and O–H groups in total. The smallest absolute Gasteiger partial charge is 0.323 e. The number of nitrogens with zero attached hydrogens (tertiary/aromatic N) is 1. The largest absolute Gasteiger partial charge is 0.457 e. The van der Waals surface area contributed by atoms with Crippen LogP contribution in [-0.2, 0) is 0 Å². The molecule has 3 amide bonds. The maximum atomic E-state index is 12.4. The van der Waals surface area contributed by atoms with Gasteiger partial charge in [0.15, 0.2) is 0 Å². The van der Waals surface area contributed by atoms with Gasteiger partial charge >= 0.3 is 6.03 Å². The molecular weight excluding hydrogens is 392 g/mol. The third-order valence-corrected chi connectivity index (χ3v) is 4.58. The van der Waals surface area contributed by atoms with Crippen LogP contribution in [0.25, 0.3) is 10.8 Å². The summed E-state index contributed by atoms with van der Waals surface area (Å²) in [5, 5.41) is 10.2. The number of amides is 3. The summed E-state index contributed by atoms with van der Waals surface area (Å²) in [6.07, 6.45) is 1.51. The van der Waals surface area contributed by atoms with Crippen molar-refractivity contribution in [2.45, 2.75) is 0 Å². The molecule has 0 radical (unpaired) electrons. The molecule has 0 aliphatic rings. The van der Waals surface area contributed by atoms with E-state index in [1.165, 1.54) is 6.20 Å². The second kappa shape index (κ2) is 8.96. The van der Waals surface area contributed by atoms with E-state index in [-0.39, 0.29) is 17.6 Å². The molecule has 0 aliphatic heterocycles. The lowest BCUT2D eigenvalue weighted by Gasteiger charge is -2.11. The molecule has 0 atom stereocenters. The average molecular weight is 412 g/mol. The quantitative estimate of drug-likeness (QED) is 0.429. The van der Waals surface area contributed by atoms with Gasteiger partial charge in [0.25, 0.3) is 5.91 Å². The van der Waals surface area contributed by atoms with Crippen LogP contribution in [0.15, 0.2) is 85.1 Å². The Labute approximate surface area is 179 Å². The minimum absolute atomic E-state index is 0.267. The van der Waals surface area contributed by atoms with Crippen LogP contribution in [0.2, 0.25) is 0 Å². The topological polar surface area (TPSA) is 92.4 Å². The van der Waals surface area contributed by atoms with Gasteiger partial charge in [-0.1, -0.05) is 36.4 Å². The summed E-state index contributed by atoms with van der Waals surface area (Å²) in [7, 11) is 1.54. The molecule has 0 saturated heterocycles. The zero-order valence-electron chi connectivity index (χ0n) is 16.8. The summed E-state index contributed by atoms with van der Waals surface area (Å²) < 4.78 is 5.77. The number of anilines is 2. The van der Waals surface area contributed by atoms with Crippen molar-refractivity contribution in [1.82, 2.24) is 10.3 Å². The molecule has 0 unspecified atom stereocenters. The number of pyridine rings is 1. The monoisotopic (exact) mass is 412 g/mol. The van der Waals surface area contributed by atoms with E-state index in [0.717, 1.165) is 16.5 Å². The van der Waals surface area contributed by atoms with Crippen molar-refractivity contribution in [2.24, 2.45) is 0 Å². The number of carbonyl (C=O) groups is 2. The molecule has 0 saturated carbocycles. The summed E-state index contributed by atoms with van der Waals surface area (Å²) in [4.78, 5) is 28.1. The first-order chi connectivity index (χ1) is 15.1. The number of hydrogen-bond donors (Lipinski definition) is 3. The van der Waals surface area contributed by atoms with Crippen LogP contribution in [0.3, 0.4) is 0 Å². The van der Waals surface area contributed by atoms with Gasteiger partial charge in [-0.3, -0.25) is 9.78 Å². The van der Waals surface area contributed by atoms with Crippen molar-refractivity contribution < 1.29 is 14.3 Å². The highest BCUT2D eigenvalue weighted by molar-refractivity contribution is 6.06. The summed E-state index contributed by atoms with van der Waals surface area (Å²) in [5.41, 5.74) is 1.62. The van der Waals surface area contributed by atoms with Gasteiger partial charge in [-0.2, -0.15) is 0 Å². The average Bonchev–Trinajstić information content (AvgIpc) is 2.80. The number of hydrogen-bond acceptors (Lipinski definition) is 4. The molecule has 3 aromatic carbocycles. The van der Waals surface area contributed by atoms with Gasteiger partial charge in [-0.05, 0) is 41.8 Å². The normalized spacial score (nSPS) is 10.4. The molecule has 7 heteroatoms. The summed E-state index contributed by atoms with van der Waals surface area (Å²) in [6.45, 7) is 0. The molecule has 0 bridgehead atoms. The number of benzene rings is 3. The molecule has 154 valence electrons. The molecule has 0 fully saturated rings. The van der Waals surface area contributed by atoms with Crippen LogP contribution in [0, 0.1) is 0 Å². The Kier molecular flexibility index (Phi) is 5.75. The number of ether oxygens (including phenoxy) is 1. The first kappa shape index (κ1) is 19.9. The predicted molar refractivity (Wildman–Crippen MR) is 121 cm³/mol. The van der Waals surface area contributed by atoms with E-state index >= 15 is 0 Å². The Morgan fingerprint density at radius 2 is 1.61 bits per heavy atom. The highest BCUT2D eigenvalue weighted by Crippen LogP contribution is 2.25. The van der Waals surface area contributed by atoms with Crippen molar-refractivity contribution in [3.05, 3.63) is 90.8 Å². The Bertz CT molecular complexity index is 1230. The van der Waals surface area contributed by atoms with E-state index in [4.69, 9.17) is 4.74 Å². The maximum absolute atomic E-state index is 12.4. The van der Waals surface area contributed by atoms with Gasteiger partial charge in [0.1, 0.15) is 17.2 Å². The molecule has 4 aromatic rings. The van der Waals surface area contributed by atoms with Gasteiger partial charge in [0.2, 0.25) is 0 Å². The summed E-state index contributed by atoms with van der Waals surface area (Å²) in [6, 6.07) is 23.4. The summed E-state index contributed by atoms with van der Waals surface area (Å²) in [5.74, 6) is 0.763. The maximum Gasteiger partial charge on any atom is 0.323 e. The van der Waals surface area contributed by atoms with Gasteiger partial charge in [-0.25, -0.2) is 4.79 Å². The fourth-order valence-electron chi connectivity index (χ4n) is 3.09. The minimum atomic E-state index is -0.339. The molecule has 1 heterocycles. The zero-order valence-corrected chi connectivity index (χ0v) is 16.8. The first-order valence-corrected chi connectivity index (χ1v) is 9.64.